The number of aromatic hydroxyl groups is 1. The Hall–Kier alpha value is -0.960. The van der Waals surface area contributed by atoms with Crippen molar-refractivity contribution in [3.63, 3.8) is 0 Å². The highest BCUT2D eigenvalue weighted by Crippen LogP contribution is 2.20. The van der Waals surface area contributed by atoms with Gasteiger partial charge in [0.05, 0.1) is 0 Å². The van der Waals surface area contributed by atoms with Crippen LogP contribution in [0.15, 0.2) is 15.3 Å². The molecule has 0 radical (unpaired) electrons. The molecule has 0 aromatic carbocycles. The Morgan fingerprint density at radius 1 is 1.62 bits per heavy atom. The Morgan fingerprint density at radius 2 is 2.23 bits per heavy atom. The molecule has 0 fully saturated rings. The molecule has 0 unspecified atom stereocenters. The third-order valence-electron chi connectivity index (χ3n) is 1.54. The lowest BCUT2D eigenvalue weighted by Gasteiger charge is -2.03. The fourth-order valence-corrected chi connectivity index (χ4v) is 1.11. The van der Waals surface area contributed by atoms with E-state index in [4.69, 9.17) is 16.0 Å². The topological polar surface area (TPSA) is 50.4 Å². The molecule has 1 rings (SSSR count). The quantitative estimate of drug-likeness (QED) is 0.800. The lowest BCUT2D eigenvalue weighted by Crippen LogP contribution is -2.04. The van der Waals surface area contributed by atoms with Gasteiger partial charge in [0, 0.05) is 12.5 Å². The molecule has 0 saturated heterocycles. The normalized spacial score (nSPS) is 10.8. The van der Waals surface area contributed by atoms with Crippen molar-refractivity contribution in [3.8, 4) is 5.75 Å². The van der Waals surface area contributed by atoms with Gasteiger partial charge in [-0.25, -0.2) is 4.79 Å². The van der Waals surface area contributed by atoms with Gasteiger partial charge in [-0.15, -0.1) is 0 Å². The molecular formula is C9H11ClO3. The second-order valence-electron chi connectivity index (χ2n) is 3.30. The van der Waals surface area contributed by atoms with Crippen molar-refractivity contribution in [2.45, 2.75) is 20.3 Å². The Kier molecular flexibility index (Phi) is 2.98. The van der Waals surface area contributed by atoms with Crippen molar-refractivity contribution >= 4 is 11.6 Å². The number of hydrogen-bond acceptors (Lipinski definition) is 3. The molecule has 0 saturated carbocycles. The van der Waals surface area contributed by atoms with Crippen LogP contribution in [0, 0.1) is 5.92 Å². The lowest BCUT2D eigenvalue weighted by atomic mass is 10.1. The van der Waals surface area contributed by atoms with Crippen LogP contribution in [-0.2, 0) is 6.42 Å². The van der Waals surface area contributed by atoms with E-state index in [1.807, 2.05) is 13.8 Å². The summed E-state index contributed by atoms with van der Waals surface area (Å²) in [5.41, 5.74) is -0.683. The van der Waals surface area contributed by atoms with Gasteiger partial charge in [-0.3, -0.25) is 0 Å². The molecule has 0 spiro atoms. The molecule has 0 amide bonds. The van der Waals surface area contributed by atoms with Crippen LogP contribution < -0.4 is 5.63 Å². The van der Waals surface area contributed by atoms with E-state index in [0.717, 1.165) is 0 Å². The molecule has 0 aliphatic rings. The summed E-state index contributed by atoms with van der Waals surface area (Å²) in [7, 11) is 0. The summed E-state index contributed by atoms with van der Waals surface area (Å²) >= 11 is 5.43. The molecule has 0 aliphatic carbocycles. The average Bonchev–Trinajstić information content (AvgIpc) is 1.98. The minimum Gasteiger partial charge on any atom is -0.506 e. The van der Waals surface area contributed by atoms with Crippen LogP contribution in [0.5, 0.6) is 5.75 Å². The molecule has 3 nitrogen and oxygen atoms in total. The molecule has 13 heavy (non-hydrogen) atoms. The maximum absolute atomic E-state index is 11.0. The maximum Gasteiger partial charge on any atom is 0.358 e. The second-order valence-corrected chi connectivity index (χ2v) is 3.68. The van der Waals surface area contributed by atoms with E-state index in [1.54, 1.807) is 0 Å². The summed E-state index contributed by atoms with van der Waals surface area (Å²) in [5.74, 6) is 0.610. The molecule has 0 aliphatic heterocycles. The van der Waals surface area contributed by atoms with E-state index < -0.39 is 5.63 Å². The standard InChI is InChI=1S/C9H11ClO3/c1-5(2)3-6-4-7(11)8(10)9(12)13-6/h4-5,11H,3H2,1-2H3. The van der Waals surface area contributed by atoms with Crippen molar-refractivity contribution in [2.75, 3.05) is 0 Å². The van der Waals surface area contributed by atoms with Crippen molar-refractivity contribution < 1.29 is 9.52 Å². The maximum atomic E-state index is 11.0. The van der Waals surface area contributed by atoms with Gasteiger partial charge in [-0.2, -0.15) is 0 Å². The zero-order chi connectivity index (χ0) is 10.0. The molecule has 1 aromatic rings. The van der Waals surface area contributed by atoms with Gasteiger partial charge in [0.1, 0.15) is 11.5 Å². The monoisotopic (exact) mass is 202 g/mol. The molecule has 0 atom stereocenters. The fraction of sp³-hybridized carbons (Fsp3) is 0.444. The first-order valence-electron chi connectivity index (χ1n) is 4.02. The largest absolute Gasteiger partial charge is 0.506 e. The third-order valence-corrected chi connectivity index (χ3v) is 1.88. The van der Waals surface area contributed by atoms with E-state index in [2.05, 4.69) is 0 Å². The smallest absolute Gasteiger partial charge is 0.358 e. The third kappa shape index (κ3) is 2.49. The minimum atomic E-state index is -0.683. The first-order chi connectivity index (χ1) is 6.00. The highest BCUT2D eigenvalue weighted by atomic mass is 35.5. The van der Waals surface area contributed by atoms with Crippen LogP contribution in [0.2, 0.25) is 5.02 Å². The Labute approximate surface area is 81.0 Å². The minimum absolute atomic E-state index is 0.214. The van der Waals surface area contributed by atoms with Crippen molar-refractivity contribution in [2.24, 2.45) is 5.92 Å². The van der Waals surface area contributed by atoms with Gasteiger partial charge in [0.2, 0.25) is 0 Å². The summed E-state index contributed by atoms with van der Waals surface area (Å²) in [5, 5.41) is 8.94. The molecule has 0 bridgehead atoms. The summed E-state index contributed by atoms with van der Waals surface area (Å²) < 4.78 is 4.85. The van der Waals surface area contributed by atoms with Gasteiger partial charge in [0.25, 0.3) is 0 Å². The number of rotatable bonds is 2. The number of halogens is 1. The zero-order valence-electron chi connectivity index (χ0n) is 7.50. The fourth-order valence-electron chi connectivity index (χ4n) is 1.02. The summed E-state index contributed by atoms with van der Waals surface area (Å²) in [6.45, 7) is 3.98. The molecule has 1 heterocycles. The highest BCUT2D eigenvalue weighted by molar-refractivity contribution is 6.31. The SMILES string of the molecule is CC(C)Cc1cc(O)c(Cl)c(=O)o1. The predicted octanol–water partition coefficient (Wildman–Crippen LogP) is 2.20. The van der Waals surface area contributed by atoms with Crippen LogP contribution in [0.25, 0.3) is 0 Å². The van der Waals surface area contributed by atoms with Crippen LogP contribution in [0.4, 0.5) is 0 Å². The van der Waals surface area contributed by atoms with Gasteiger partial charge in [0.15, 0.2) is 5.02 Å². The Morgan fingerprint density at radius 3 is 2.69 bits per heavy atom. The van der Waals surface area contributed by atoms with Gasteiger partial charge in [-0.1, -0.05) is 25.4 Å². The highest BCUT2D eigenvalue weighted by Gasteiger charge is 2.09. The van der Waals surface area contributed by atoms with Gasteiger partial charge >= 0.3 is 5.63 Å². The van der Waals surface area contributed by atoms with E-state index >= 15 is 0 Å². The van der Waals surface area contributed by atoms with Crippen LogP contribution in [0.3, 0.4) is 0 Å². The number of hydrogen-bond donors (Lipinski definition) is 1. The van der Waals surface area contributed by atoms with Gasteiger partial charge < -0.3 is 9.52 Å². The first kappa shape index (κ1) is 10.1. The lowest BCUT2D eigenvalue weighted by molar-refractivity contribution is 0.408. The van der Waals surface area contributed by atoms with Crippen LogP contribution in [-0.4, -0.2) is 5.11 Å². The molecule has 72 valence electrons. The zero-order valence-corrected chi connectivity index (χ0v) is 8.26. The predicted molar refractivity (Wildman–Crippen MR) is 50.2 cm³/mol. The van der Waals surface area contributed by atoms with Gasteiger partial charge in [-0.05, 0) is 5.92 Å². The summed E-state index contributed by atoms with van der Waals surface area (Å²) in [4.78, 5) is 11.0. The van der Waals surface area contributed by atoms with Crippen molar-refractivity contribution in [1.82, 2.24) is 0 Å². The van der Waals surface area contributed by atoms with Crippen molar-refractivity contribution in [1.29, 1.82) is 0 Å². The van der Waals surface area contributed by atoms with Crippen LogP contribution >= 0.6 is 11.6 Å². The average molecular weight is 203 g/mol. The van der Waals surface area contributed by atoms with E-state index in [9.17, 15) is 9.90 Å². The van der Waals surface area contributed by atoms with Crippen LogP contribution in [0.1, 0.15) is 19.6 Å². The molecular weight excluding hydrogens is 192 g/mol. The van der Waals surface area contributed by atoms with E-state index in [-0.39, 0.29) is 10.8 Å². The molecule has 1 N–H and O–H groups in total. The van der Waals surface area contributed by atoms with E-state index in [1.165, 1.54) is 6.07 Å². The summed E-state index contributed by atoms with van der Waals surface area (Å²) in [6, 6.07) is 1.38. The van der Waals surface area contributed by atoms with Crippen molar-refractivity contribution in [3.05, 3.63) is 27.3 Å². The molecule has 4 heteroatoms. The van der Waals surface area contributed by atoms with E-state index in [0.29, 0.717) is 18.1 Å². The Bertz CT molecular complexity index is 354. The Balaban J connectivity index is 3.06. The summed E-state index contributed by atoms with van der Waals surface area (Å²) in [6.07, 6.45) is 0.611. The second kappa shape index (κ2) is 3.83. The molecule has 1 aromatic heterocycles. The first-order valence-corrected chi connectivity index (χ1v) is 4.40.